The number of nitrogens with zero attached hydrogens (tertiary/aromatic N) is 1. The number of thiazole rings is 1. The Kier molecular flexibility index (Phi) is 4.64. The number of nitrogens with two attached hydrogens (primary N) is 1. The summed E-state index contributed by atoms with van der Waals surface area (Å²) in [6.45, 7) is 6.41. The molecular formula is C16H21FN2OS. The number of hydrogen-bond acceptors (Lipinski definition) is 4. The summed E-state index contributed by atoms with van der Waals surface area (Å²) >= 11 is 1.62. The van der Waals surface area contributed by atoms with E-state index in [1.165, 1.54) is 13.2 Å². The average molecular weight is 308 g/mol. The second-order valence-electron chi connectivity index (χ2n) is 6.08. The van der Waals surface area contributed by atoms with Gasteiger partial charge in [-0.15, -0.1) is 11.3 Å². The van der Waals surface area contributed by atoms with E-state index < -0.39 is 0 Å². The molecule has 0 aliphatic heterocycles. The standard InChI is InChI=1S/C16H21FN2OS/c1-16(2,3)14-9-21-15(19-14)8-12(18)10-5-6-11(17)13(7-10)20-4/h5-7,9,12H,8,18H2,1-4H3. The highest BCUT2D eigenvalue weighted by atomic mass is 32.1. The molecule has 0 bridgehead atoms. The van der Waals surface area contributed by atoms with Crippen LogP contribution < -0.4 is 10.5 Å². The third-order valence-corrected chi connectivity index (χ3v) is 4.19. The van der Waals surface area contributed by atoms with Gasteiger partial charge in [0.15, 0.2) is 11.6 Å². The Balaban J connectivity index is 2.14. The molecule has 2 rings (SSSR count). The fraction of sp³-hybridized carbons (Fsp3) is 0.438. The fourth-order valence-corrected chi connectivity index (χ4v) is 3.04. The number of ether oxygens (including phenoxy) is 1. The van der Waals surface area contributed by atoms with Crippen molar-refractivity contribution in [3.63, 3.8) is 0 Å². The van der Waals surface area contributed by atoms with E-state index in [1.807, 2.05) is 0 Å². The summed E-state index contributed by atoms with van der Waals surface area (Å²) in [5, 5.41) is 3.07. The van der Waals surface area contributed by atoms with E-state index in [9.17, 15) is 4.39 Å². The Bertz CT molecular complexity index is 619. The largest absolute Gasteiger partial charge is 0.494 e. The maximum atomic E-state index is 13.4. The Morgan fingerprint density at radius 1 is 1.38 bits per heavy atom. The number of halogens is 1. The lowest BCUT2D eigenvalue weighted by molar-refractivity contribution is 0.385. The molecule has 1 aromatic heterocycles. The first kappa shape index (κ1) is 15.9. The molecule has 3 nitrogen and oxygen atoms in total. The van der Waals surface area contributed by atoms with Crippen molar-refractivity contribution in [3.8, 4) is 5.75 Å². The molecule has 1 atom stereocenters. The van der Waals surface area contributed by atoms with Crippen LogP contribution in [-0.2, 0) is 11.8 Å². The molecule has 5 heteroatoms. The van der Waals surface area contributed by atoms with E-state index in [0.717, 1.165) is 16.3 Å². The summed E-state index contributed by atoms with van der Waals surface area (Å²) in [6, 6.07) is 4.51. The predicted octanol–water partition coefficient (Wildman–Crippen LogP) is 3.83. The predicted molar refractivity (Wildman–Crippen MR) is 84.4 cm³/mol. The highest BCUT2D eigenvalue weighted by molar-refractivity contribution is 7.09. The van der Waals surface area contributed by atoms with E-state index in [2.05, 4.69) is 31.1 Å². The van der Waals surface area contributed by atoms with Gasteiger partial charge in [-0.1, -0.05) is 26.8 Å². The molecule has 1 unspecified atom stereocenters. The molecule has 0 radical (unpaired) electrons. The highest BCUT2D eigenvalue weighted by Gasteiger charge is 2.19. The first-order chi connectivity index (χ1) is 9.81. The van der Waals surface area contributed by atoms with Crippen LogP contribution in [0, 0.1) is 5.82 Å². The molecule has 0 amide bonds. The van der Waals surface area contributed by atoms with Crippen LogP contribution in [0.2, 0.25) is 0 Å². The van der Waals surface area contributed by atoms with Gasteiger partial charge in [-0.25, -0.2) is 9.37 Å². The van der Waals surface area contributed by atoms with Crippen LogP contribution in [0.25, 0.3) is 0 Å². The van der Waals surface area contributed by atoms with Crippen molar-refractivity contribution in [2.24, 2.45) is 5.73 Å². The quantitative estimate of drug-likeness (QED) is 0.934. The lowest BCUT2D eigenvalue weighted by Crippen LogP contribution is -2.15. The molecule has 1 heterocycles. The topological polar surface area (TPSA) is 48.1 Å². The summed E-state index contributed by atoms with van der Waals surface area (Å²) in [5.74, 6) is -0.157. The Morgan fingerprint density at radius 3 is 2.67 bits per heavy atom. The number of benzene rings is 1. The smallest absolute Gasteiger partial charge is 0.165 e. The third-order valence-electron chi connectivity index (χ3n) is 3.32. The summed E-state index contributed by atoms with van der Waals surface area (Å²) in [5.41, 5.74) is 8.17. The van der Waals surface area contributed by atoms with Gasteiger partial charge in [-0.3, -0.25) is 0 Å². The van der Waals surface area contributed by atoms with Gasteiger partial charge in [0, 0.05) is 23.3 Å². The van der Waals surface area contributed by atoms with E-state index in [0.29, 0.717) is 6.42 Å². The highest BCUT2D eigenvalue weighted by Crippen LogP contribution is 2.27. The van der Waals surface area contributed by atoms with Crippen LogP contribution in [0.1, 0.15) is 43.1 Å². The zero-order valence-corrected chi connectivity index (χ0v) is 13.6. The van der Waals surface area contributed by atoms with E-state index in [-0.39, 0.29) is 23.0 Å². The zero-order valence-electron chi connectivity index (χ0n) is 12.8. The molecule has 0 fully saturated rings. The van der Waals surface area contributed by atoms with Gasteiger partial charge in [0.1, 0.15) is 0 Å². The van der Waals surface area contributed by atoms with Crippen LogP contribution in [-0.4, -0.2) is 12.1 Å². The van der Waals surface area contributed by atoms with Crippen molar-refractivity contribution in [2.45, 2.75) is 38.6 Å². The molecule has 2 N–H and O–H groups in total. The van der Waals surface area contributed by atoms with Crippen molar-refractivity contribution < 1.29 is 9.13 Å². The van der Waals surface area contributed by atoms with Crippen LogP contribution in [0.4, 0.5) is 4.39 Å². The van der Waals surface area contributed by atoms with Crippen LogP contribution in [0.5, 0.6) is 5.75 Å². The van der Waals surface area contributed by atoms with Crippen molar-refractivity contribution in [1.82, 2.24) is 4.98 Å². The van der Waals surface area contributed by atoms with Crippen molar-refractivity contribution in [3.05, 3.63) is 45.7 Å². The SMILES string of the molecule is COc1cc(C(N)Cc2nc(C(C)(C)C)cs2)ccc1F. The van der Waals surface area contributed by atoms with Gasteiger partial charge >= 0.3 is 0 Å². The molecule has 0 spiro atoms. The molecule has 1 aromatic carbocycles. The summed E-state index contributed by atoms with van der Waals surface area (Å²) in [4.78, 5) is 4.64. The van der Waals surface area contributed by atoms with Gasteiger partial charge in [0.25, 0.3) is 0 Å². The molecule has 0 aliphatic rings. The average Bonchev–Trinajstić information content (AvgIpc) is 2.87. The number of aromatic nitrogens is 1. The molecule has 0 saturated carbocycles. The molecular weight excluding hydrogens is 287 g/mol. The minimum absolute atomic E-state index is 0.0396. The maximum Gasteiger partial charge on any atom is 0.165 e. The first-order valence-electron chi connectivity index (χ1n) is 6.85. The van der Waals surface area contributed by atoms with Gasteiger partial charge in [0.05, 0.1) is 17.8 Å². The minimum Gasteiger partial charge on any atom is -0.494 e. The van der Waals surface area contributed by atoms with Crippen molar-refractivity contribution >= 4 is 11.3 Å². The maximum absolute atomic E-state index is 13.4. The third kappa shape index (κ3) is 3.80. The lowest BCUT2D eigenvalue weighted by atomic mass is 9.93. The lowest BCUT2D eigenvalue weighted by Gasteiger charge is -2.15. The van der Waals surface area contributed by atoms with E-state index >= 15 is 0 Å². The van der Waals surface area contributed by atoms with Gasteiger partial charge in [-0.05, 0) is 17.7 Å². The second-order valence-corrected chi connectivity index (χ2v) is 7.02. The van der Waals surface area contributed by atoms with E-state index in [4.69, 9.17) is 10.5 Å². The monoisotopic (exact) mass is 308 g/mol. The van der Waals surface area contributed by atoms with Crippen molar-refractivity contribution in [1.29, 1.82) is 0 Å². The fourth-order valence-electron chi connectivity index (χ4n) is 1.96. The van der Waals surface area contributed by atoms with Crippen LogP contribution in [0.3, 0.4) is 0 Å². The number of methoxy groups -OCH3 is 1. The number of rotatable bonds is 4. The Morgan fingerprint density at radius 2 is 2.10 bits per heavy atom. The number of hydrogen-bond donors (Lipinski definition) is 1. The summed E-state index contributed by atoms with van der Waals surface area (Å²) < 4.78 is 18.4. The second kappa shape index (κ2) is 6.12. The van der Waals surface area contributed by atoms with E-state index in [1.54, 1.807) is 23.5 Å². The minimum atomic E-state index is -0.377. The zero-order chi connectivity index (χ0) is 15.6. The Hall–Kier alpha value is -1.46. The molecule has 0 aliphatic carbocycles. The van der Waals surface area contributed by atoms with Gasteiger partial charge in [-0.2, -0.15) is 0 Å². The Labute approximate surface area is 129 Å². The van der Waals surface area contributed by atoms with Crippen molar-refractivity contribution in [2.75, 3.05) is 7.11 Å². The first-order valence-corrected chi connectivity index (χ1v) is 7.73. The van der Waals surface area contributed by atoms with Crippen LogP contribution >= 0.6 is 11.3 Å². The molecule has 2 aromatic rings. The van der Waals surface area contributed by atoms with Gasteiger partial charge in [0.2, 0.25) is 0 Å². The summed E-state index contributed by atoms with van der Waals surface area (Å²) in [6.07, 6.45) is 0.634. The molecule has 0 saturated heterocycles. The van der Waals surface area contributed by atoms with Crippen LogP contribution in [0.15, 0.2) is 23.6 Å². The normalized spacial score (nSPS) is 13.2. The summed E-state index contributed by atoms with van der Waals surface area (Å²) in [7, 11) is 1.45. The molecule has 21 heavy (non-hydrogen) atoms. The van der Waals surface area contributed by atoms with Gasteiger partial charge < -0.3 is 10.5 Å². The molecule has 114 valence electrons.